The van der Waals surface area contributed by atoms with E-state index in [1.54, 1.807) is 5.38 Å². The molecule has 2 rings (SSSR count). The van der Waals surface area contributed by atoms with Crippen molar-refractivity contribution in [2.45, 2.75) is 6.54 Å². The Balaban J connectivity index is 2.22. The second kappa shape index (κ2) is 6.00. The van der Waals surface area contributed by atoms with Gasteiger partial charge in [0.1, 0.15) is 10.7 Å². The highest BCUT2D eigenvalue weighted by Gasteiger charge is 2.13. The molecule has 2 amide bonds. The molecule has 0 aliphatic carbocycles. The van der Waals surface area contributed by atoms with Crippen molar-refractivity contribution in [1.82, 2.24) is 4.98 Å². The molecule has 104 valence electrons. The minimum Gasteiger partial charge on any atom is -0.366 e. The van der Waals surface area contributed by atoms with Crippen molar-refractivity contribution in [3.8, 4) is 0 Å². The van der Waals surface area contributed by atoms with Crippen molar-refractivity contribution in [3.63, 3.8) is 0 Å². The second-order valence-corrected chi connectivity index (χ2v) is 5.19. The van der Waals surface area contributed by atoms with Crippen LogP contribution in [0.4, 0.5) is 5.69 Å². The third-order valence-corrected chi connectivity index (χ3v) is 3.66. The van der Waals surface area contributed by atoms with Crippen LogP contribution >= 0.6 is 22.9 Å². The van der Waals surface area contributed by atoms with Crippen LogP contribution in [-0.2, 0) is 6.54 Å². The van der Waals surface area contributed by atoms with E-state index in [2.05, 4.69) is 10.3 Å². The molecule has 0 fully saturated rings. The fourth-order valence-electron chi connectivity index (χ4n) is 1.47. The van der Waals surface area contributed by atoms with Crippen molar-refractivity contribution in [2.24, 2.45) is 11.5 Å². The van der Waals surface area contributed by atoms with E-state index in [0.717, 1.165) is 0 Å². The van der Waals surface area contributed by atoms with Gasteiger partial charge in [0.25, 0.3) is 5.91 Å². The van der Waals surface area contributed by atoms with Gasteiger partial charge in [0.05, 0.1) is 10.7 Å². The first-order valence-electron chi connectivity index (χ1n) is 5.56. The predicted molar refractivity (Wildman–Crippen MR) is 77.9 cm³/mol. The molecule has 6 nitrogen and oxygen atoms in total. The van der Waals surface area contributed by atoms with E-state index in [0.29, 0.717) is 15.7 Å². The van der Waals surface area contributed by atoms with Crippen molar-refractivity contribution in [1.29, 1.82) is 0 Å². The molecule has 1 aromatic heterocycles. The normalized spacial score (nSPS) is 10.3. The Morgan fingerprint density at radius 2 is 2.15 bits per heavy atom. The van der Waals surface area contributed by atoms with Gasteiger partial charge >= 0.3 is 0 Å². The summed E-state index contributed by atoms with van der Waals surface area (Å²) in [6.07, 6.45) is 0. The smallest absolute Gasteiger partial charge is 0.275 e. The molecule has 5 N–H and O–H groups in total. The number of anilines is 1. The zero-order valence-electron chi connectivity index (χ0n) is 10.2. The summed E-state index contributed by atoms with van der Waals surface area (Å²) in [5, 5.41) is 5.15. The number of carbonyl (C=O) groups excluding carboxylic acids is 2. The van der Waals surface area contributed by atoms with Crippen molar-refractivity contribution >= 4 is 40.4 Å². The number of primary amides is 1. The minimum absolute atomic E-state index is 0.246. The highest BCUT2D eigenvalue weighted by Crippen LogP contribution is 2.23. The Hall–Kier alpha value is -1.96. The lowest BCUT2D eigenvalue weighted by atomic mass is 10.2. The van der Waals surface area contributed by atoms with Gasteiger partial charge in [0, 0.05) is 17.5 Å². The maximum Gasteiger partial charge on any atom is 0.275 e. The van der Waals surface area contributed by atoms with Crippen LogP contribution in [0.25, 0.3) is 0 Å². The number of hydrogen-bond acceptors (Lipinski definition) is 5. The van der Waals surface area contributed by atoms with Gasteiger partial charge in [-0.05, 0) is 18.2 Å². The number of nitrogens with zero attached hydrogens (tertiary/aromatic N) is 1. The Bertz CT molecular complexity index is 671. The SMILES string of the molecule is NCc1nc(C(=O)Nc2cc(C(N)=O)ccc2Cl)cs1. The summed E-state index contributed by atoms with van der Waals surface area (Å²) in [4.78, 5) is 27.2. The molecule has 0 aliphatic heterocycles. The first kappa shape index (κ1) is 14.4. The topological polar surface area (TPSA) is 111 Å². The highest BCUT2D eigenvalue weighted by atomic mass is 35.5. The Morgan fingerprint density at radius 1 is 1.40 bits per heavy atom. The van der Waals surface area contributed by atoms with Gasteiger partial charge in [-0.1, -0.05) is 11.6 Å². The molecule has 0 atom stereocenters. The third kappa shape index (κ3) is 3.13. The molecule has 0 radical (unpaired) electrons. The molecule has 1 aromatic carbocycles. The number of hydrogen-bond donors (Lipinski definition) is 3. The molecule has 0 saturated carbocycles. The number of nitrogens with one attached hydrogen (secondary N) is 1. The Morgan fingerprint density at radius 3 is 2.75 bits per heavy atom. The molecule has 0 bridgehead atoms. The number of aromatic nitrogens is 1. The summed E-state index contributed by atoms with van der Waals surface area (Å²) in [6.45, 7) is 0.274. The summed E-state index contributed by atoms with van der Waals surface area (Å²) in [5.41, 5.74) is 11.4. The summed E-state index contributed by atoms with van der Waals surface area (Å²) in [6, 6.07) is 4.39. The van der Waals surface area contributed by atoms with Gasteiger partial charge in [-0.3, -0.25) is 9.59 Å². The average molecular weight is 311 g/mol. The molecule has 2 aromatic rings. The quantitative estimate of drug-likeness (QED) is 0.796. The zero-order valence-corrected chi connectivity index (χ0v) is 11.8. The van der Waals surface area contributed by atoms with E-state index in [1.807, 2.05) is 0 Å². The number of nitrogens with two attached hydrogens (primary N) is 2. The lowest BCUT2D eigenvalue weighted by Crippen LogP contribution is -2.15. The Labute approximate surface area is 123 Å². The maximum absolute atomic E-state index is 12.0. The van der Waals surface area contributed by atoms with Crippen LogP contribution in [0, 0.1) is 0 Å². The number of halogens is 1. The number of thiazole rings is 1. The fourth-order valence-corrected chi connectivity index (χ4v) is 2.29. The van der Waals surface area contributed by atoms with Crippen LogP contribution in [0.2, 0.25) is 5.02 Å². The standard InChI is InChI=1S/C12H11ClN4O2S/c13-7-2-1-6(11(15)18)3-8(7)17-12(19)9-5-20-10(4-14)16-9/h1-3,5H,4,14H2,(H2,15,18)(H,17,19). The average Bonchev–Trinajstić information content (AvgIpc) is 2.89. The first-order chi connectivity index (χ1) is 9.51. The van der Waals surface area contributed by atoms with E-state index < -0.39 is 11.8 Å². The summed E-state index contributed by atoms with van der Waals surface area (Å²) in [7, 11) is 0. The van der Waals surface area contributed by atoms with Crippen LogP contribution in [0.3, 0.4) is 0 Å². The van der Waals surface area contributed by atoms with E-state index in [1.165, 1.54) is 29.5 Å². The van der Waals surface area contributed by atoms with Crippen molar-refractivity contribution < 1.29 is 9.59 Å². The molecule has 1 heterocycles. The van der Waals surface area contributed by atoms with Crippen LogP contribution in [0.15, 0.2) is 23.6 Å². The van der Waals surface area contributed by atoms with Crippen LogP contribution < -0.4 is 16.8 Å². The van der Waals surface area contributed by atoms with E-state index in [9.17, 15) is 9.59 Å². The molecule has 20 heavy (non-hydrogen) atoms. The third-order valence-electron chi connectivity index (χ3n) is 2.46. The van der Waals surface area contributed by atoms with Gasteiger partial charge in [-0.25, -0.2) is 4.98 Å². The van der Waals surface area contributed by atoms with Gasteiger partial charge in [-0.2, -0.15) is 0 Å². The van der Waals surface area contributed by atoms with Gasteiger partial charge in [0.15, 0.2) is 0 Å². The monoisotopic (exact) mass is 310 g/mol. The second-order valence-electron chi connectivity index (χ2n) is 3.84. The van der Waals surface area contributed by atoms with E-state index in [-0.39, 0.29) is 17.8 Å². The zero-order chi connectivity index (χ0) is 14.7. The van der Waals surface area contributed by atoms with E-state index >= 15 is 0 Å². The lowest BCUT2D eigenvalue weighted by molar-refractivity contribution is 0.0995. The first-order valence-corrected chi connectivity index (χ1v) is 6.82. The molecule has 8 heteroatoms. The maximum atomic E-state index is 12.0. The molecule has 0 saturated heterocycles. The van der Waals surface area contributed by atoms with Gasteiger partial charge in [-0.15, -0.1) is 11.3 Å². The summed E-state index contributed by atoms with van der Waals surface area (Å²) < 4.78 is 0. The minimum atomic E-state index is -0.601. The van der Waals surface area contributed by atoms with Crippen LogP contribution in [0.1, 0.15) is 25.9 Å². The number of rotatable bonds is 4. The summed E-state index contributed by atoms with van der Waals surface area (Å²) >= 11 is 7.26. The van der Waals surface area contributed by atoms with E-state index in [4.69, 9.17) is 23.1 Å². The van der Waals surface area contributed by atoms with Crippen molar-refractivity contribution in [2.75, 3.05) is 5.32 Å². The molecular weight excluding hydrogens is 300 g/mol. The van der Waals surface area contributed by atoms with Crippen LogP contribution in [-0.4, -0.2) is 16.8 Å². The summed E-state index contributed by atoms with van der Waals surface area (Å²) in [5.74, 6) is -1.03. The fraction of sp³-hybridized carbons (Fsp3) is 0.0833. The van der Waals surface area contributed by atoms with Crippen molar-refractivity contribution in [3.05, 3.63) is 44.9 Å². The number of amides is 2. The van der Waals surface area contributed by atoms with Gasteiger partial charge in [0.2, 0.25) is 5.91 Å². The highest BCUT2D eigenvalue weighted by molar-refractivity contribution is 7.09. The molecule has 0 spiro atoms. The van der Waals surface area contributed by atoms with Crippen LogP contribution in [0.5, 0.6) is 0 Å². The molecular formula is C12H11ClN4O2S. The number of benzene rings is 1. The number of carbonyl (C=O) groups is 2. The largest absolute Gasteiger partial charge is 0.366 e. The molecule has 0 aliphatic rings. The van der Waals surface area contributed by atoms with Gasteiger partial charge < -0.3 is 16.8 Å². The molecule has 0 unspecified atom stereocenters. The predicted octanol–water partition coefficient (Wildman–Crippen LogP) is 1.61. The lowest BCUT2D eigenvalue weighted by Gasteiger charge is -2.07. The Kier molecular flexibility index (Phi) is 4.33.